The van der Waals surface area contributed by atoms with Gasteiger partial charge in [-0.15, -0.1) is 0 Å². The minimum absolute atomic E-state index is 0.286. The Hall–Kier alpha value is -1.71. The summed E-state index contributed by atoms with van der Waals surface area (Å²) in [6.45, 7) is 5.29. The third-order valence-electron chi connectivity index (χ3n) is 4.35. The summed E-state index contributed by atoms with van der Waals surface area (Å²) in [5, 5.41) is 9.90. The van der Waals surface area contributed by atoms with Gasteiger partial charge in [0.1, 0.15) is 5.75 Å². The maximum atomic E-state index is 12.2. The number of hydrogen-bond donors (Lipinski definition) is 1. The van der Waals surface area contributed by atoms with E-state index in [1.165, 1.54) is 19.3 Å². The number of carbonyl (C=O) groups is 1. The highest BCUT2D eigenvalue weighted by atomic mass is 16.3. The lowest BCUT2D eigenvalue weighted by atomic mass is 10.1. The average Bonchev–Trinajstić information content (AvgIpc) is 2.55. The molecule has 22 heavy (non-hydrogen) atoms. The summed E-state index contributed by atoms with van der Waals surface area (Å²) < 4.78 is 0. The molecular formula is C18H28N2O2. The Morgan fingerprint density at radius 2 is 1.73 bits per heavy atom. The van der Waals surface area contributed by atoms with Gasteiger partial charge in [-0.2, -0.15) is 0 Å². The van der Waals surface area contributed by atoms with Crippen LogP contribution in [0.25, 0.3) is 0 Å². The molecular weight excluding hydrogens is 276 g/mol. The van der Waals surface area contributed by atoms with Crippen LogP contribution in [-0.2, 0) is 4.79 Å². The zero-order chi connectivity index (χ0) is 15.8. The molecule has 0 spiro atoms. The smallest absolute Gasteiger partial charge is 0.222 e. The minimum Gasteiger partial charge on any atom is -0.506 e. The van der Waals surface area contributed by atoms with E-state index in [0.717, 1.165) is 44.7 Å². The summed E-state index contributed by atoms with van der Waals surface area (Å²) in [6, 6.07) is 7.41. The Morgan fingerprint density at radius 1 is 1.05 bits per heavy atom. The van der Waals surface area contributed by atoms with E-state index >= 15 is 0 Å². The van der Waals surface area contributed by atoms with Crippen LogP contribution in [0, 0.1) is 0 Å². The number of carbonyl (C=O) groups excluding carboxylic acids is 1. The molecule has 2 rings (SSSR count). The van der Waals surface area contributed by atoms with Crippen molar-refractivity contribution >= 4 is 11.6 Å². The number of anilines is 1. The number of phenolic OH excluding ortho intramolecular Hbond substituents is 1. The molecule has 1 fully saturated rings. The monoisotopic (exact) mass is 304 g/mol. The van der Waals surface area contributed by atoms with Crippen molar-refractivity contribution in [2.24, 2.45) is 0 Å². The van der Waals surface area contributed by atoms with Crippen LogP contribution in [0.1, 0.15) is 45.4 Å². The second-order valence-corrected chi connectivity index (χ2v) is 6.02. The maximum Gasteiger partial charge on any atom is 0.222 e. The molecule has 1 aromatic rings. The van der Waals surface area contributed by atoms with Crippen LogP contribution in [0.4, 0.5) is 5.69 Å². The van der Waals surface area contributed by atoms with Crippen LogP contribution >= 0.6 is 0 Å². The summed E-state index contributed by atoms with van der Waals surface area (Å²) in [5.74, 6) is 0.603. The number of piperazine rings is 1. The SMILES string of the molecule is CCCCCCCC(=O)N1CCN(c2ccccc2O)CC1. The van der Waals surface area contributed by atoms with Gasteiger partial charge < -0.3 is 14.9 Å². The molecule has 1 heterocycles. The van der Waals surface area contributed by atoms with Crippen molar-refractivity contribution in [1.82, 2.24) is 4.90 Å². The Bertz CT molecular complexity index is 468. The fraction of sp³-hybridized carbons (Fsp3) is 0.611. The molecule has 1 aliphatic rings. The number of para-hydroxylation sites is 2. The summed E-state index contributed by atoms with van der Waals surface area (Å²) in [7, 11) is 0. The highest BCUT2D eigenvalue weighted by Crippen LogP contribution is 2.27. The van der Waals surface area contributed by atoms with E-state index in [1.54, 1.807) is 6.07 Å². The zero-order valence-corrected chi connectivity index (χ0v) is 13.6. The number of amides is 1. The molecule has 1 N–H and O–H groups in total. The molecule has 0 aromatic heterocycles. The highest BCUT2D eigenvalue weighted by molar-refractivity contribution is 5.76. The Balaban J connectivity index is 1.72. The number of phenols is 1. The highest BCUT2D eigenvalue weighted by Gasteiger charge is 2.21. The van der Waals surface area contributed by atoms with E-state index in [9.17, 15) is 9.90 Å². The minimum atomic E-state index is 0.286. The molecule has 0 unspecified atom stereocenters. The Labute approximate surface area is 133 Å². The first-order valence-electron chi connectivity index (χ1n) is 8.53. The van der Waals surface area contributed by atoms with Crippen molar-refractivity contribution in [3.8, 4) is 5.75 Å². The van der Waals surface area contributed by atoms with Gasteiger partial charge in [0, 0.05) is 32.6 Å². The summed E-state index contributed by atoms with van der Waals surface area (Å²) in [4.78, 5) is 16.3. The standard InChI is InChI=1S/C18H28N2O2/c1-2-3-4-5-6-11-18(22)20-14-12-19(13-15-20)16-9-7-8-10-17(16)21/h7-10,21H,2-6,11-15H2,1H3. The van der Waals surface area contributed by atoms with Crippen LogP contribution in [0.2, 0.25) is 0 Å². The number of unbranched alkanes of at least 4 members (excludes halogenated alkanes) is 4. The first-order valence-corrected chi connectivity index (χ1v) is 8.53. The van der Waals surface area contributed by atoms with Crippen molar-refractivity contribution in [2.75, 3.05) is 31.1 Å². The predicted octanol–water partition coefficient (Wildman–Crippen LogP) is 3.40. The van der Waals surface area contributed by atoms with Crippen molar-refractivity contribution in [3.63, 3.8) is 0 Å². The predicted molar refractivity (Wildman–Crippen MR) is 90.3 cm³/mol. The normalized spacial score (nSPS) is 15.1. The van der Waals surface area contributed by atoms with E-state index in [0.29, 0.717) is 12.2 Å². The zero-order valence-electron chi connectivity index (χ0n) is 13.6. The largest absolute Gasteiger partial charge is 0.506 e. The summed E-state index contributed by atoms with van der Waals surface area (Å²) in [6.07, 6.45) is 6.61. The number of nitrogens with zero attached hydrogens (tertiary/aromatic N) is 2. The quantitative estimate of drug-likeness (QED) is 0.785. The van der Waals surface area contributed by atoms with E-state index in [1.807, 2.05) is 23.1 Å². The number of rotatable bonds is 7. The van der Waals surface area contributed by atoms with Gasteiger partial charge in [0.05, 0.1) is 5.69 Å². The molecule has 122 valence electrons. The van der Waals surface area contributed by atoms with Crippen LogP contribution in [-0.4, -0.2) is 42.1 Å². The molecule has 1 saturated heterocycles. The second-order valence-electron chi connectivity index (χ2n) is 6.02. The molecule has 0 atom stereocenters. The molecule has 4 nitrogen and oxygen atoms in total. The van der Waals surface area contributed by atoms with Gasteiger partial charge in [0.25, 0.3) is 0 Å². The van der Waals surface area contributed by atoms with Gasteiger partial charge in [-0.3, -0.25) is 4.79 Å². The Morgan fingerprint density at radius 3 is 2.41 bits per heavy atom. The summed E-state index contributed by atoms with van der Waals surface area (Å²) >= 11 is 0. The Kier molecular flexibility index (Phi) is 6.56. The van der Waals surface area contributed by atoms with Crippen molar-refractivity contribution in [1.29, 1.82) is 0 Å². The molecule has 1 amide bonds. The third-order valence-corrected chi connectivity index (χ3v) is 4.35. The first kappa shape index (κ1) is 16.7. The van der Waals surface area contributed by atoms with E-state index in [-0.39, 0.29) is 5.91 Å². The lowest BCUT2D eigenvalue weighted by Gasteiger charge is -2.36. The molecule has 0 aliphatic carbocycles. The van der Waals surface area contributed by atoms with Crippen LogP contribution in [0.15, 0.2) is 24.3 Å². The van der Waals surface area contributed by atoms with Crippen LogP contribution < -0.4 is 4.90 Å². The number of benzene rings is 1. The number of hydrogen-bond acceptors (Lipinski definition) is 3. The lowest BCUT2D eigenvalue weighted by Crippen LogP contribution is -2.48. The van der Waals surface area contributed by atoms with Crippen molar-refractivity contribution in [3.05, 3.63) is 24.3 Å². The average molecular weight is 304 g/mol. The molecule has 1 aliphatic heterocycles. The van der Waals surface area contributed by atoms with Crippen LogP contribution in [0.5, 0.6) is 5.75 Å². The van der Waals surface area contributed by atoms with Gasteiger partial charge >= 0.3 is 0 Å². The number of aromatic hydroxyl groups is 1. The maximum absolute atomic E-state index is 12.2. The van der Waals surface area contributed by atoms with Crippen molar-refractivity contribution < 1.29 is 9.90 Å². The van der Waals surface area contributed by atoms with Gasteiger partial charge in [0.15, 0.2) is 0 Å². The van der Waals surface area contributed by atoms with Gasteiger partial charge in [-0.25, -0.2) is 0 Å². The van der Waals surface area contributed by atoms with Gasteiger partial charge in [-0.05, 0) is 18.6 Å². The van der Waals surface area contributed by atoms with Crippen LogP contribution in [0.3, 0.4) is 0 Å². The molecule has 1 aromatic carbocycles. The van der Waals surface area contributed by atoms with Crippen molar-refractivity contribution in [2.45, 2.75) is 45.4 Å². The fourth-order valence-electron chi connectivity index (χ4n) is 2.97. The van der Waals surface area contributed by atoms with Gasteiger partial charge in [-0.1, -0.05) is 44.7 Å². The summed E-state index contributed by atoms with van der Waals surface area (Å²) in [5.41, 5.74) is 0.870. The molecule has 0 radical (unpaired) electrons. The fourth-order valence-corrected chi connectivity index (χ4v) is 2.97. The van der Waals surface area contributed by atoms with E-state index < -0.39 is 0 Å². The van der Waals surface area contributed by atoms with E-state index in [4.69, 9.17) is 0 Å². The molecule has 0 saturated carbocycles. The lowest BCUT2D eigenvalue weighted by molar-refractivity contribution is -0.131. The molecule has 4 heteroatoms. The second kappa shape index (κ2) is 8.66. The first-order chi connectivity index (χ1) is 10.7. The molecule has 0 bridgehead atoms. The van der Waals surface area contributed by atoms with E-state index in [2.05, 4.69) is 11.8 Å². The van der Waals surface area contributed by atoms with Gasteiger partial charge in [0.2, 0.25) is 5.91 Å². The topological polar surface area (TPSA) is 43.8 Å². The third kappa shape index (κ3) is 4.65.